The molecule has 2 amide bonds. The number of hydrogen-bond acceptors (Lipinski definition) is 5. The Morgan fingerprint density at radius 2 is 1.45 bits per heavy atom. The molecule has 0 atom stereocenters. The van der Waals surface area contributed by atoms with Crippen molar-refractivity contribution in [2.24, 2.45) is 0 Å². The minimum Gasteiger partial charge on any atom is -0.324 e. The Kier molecular flexibility index (Phi) is 6.89. The van der Waals surface area contributed by atoms with E-state index in [1.165, 1.54) is 48.3 Å². The minimum absolute atomic E-state index is 0.000504. The van der Waals surface area contributed by atoms with Gasteiger partial charge in [0, 0.05) is 6.07 Å². The molecule has 0 fully saturated rings. The zero-order valence-electron chi connectivity index (χ0n) is 15.2. The van der Waals surface area contributed by atoms with Crippen LogP contribution in [0.5, 0.6) is 0 Å². The Labute approximate surface area is 163 Å². The summed E-state index contributed by atoms with van der Waals surface area (Å²) in [5.41, 5.74) is -1.66. The molecule has 29 heavy (non-hydrogen) atoms. The van der Waals surface area contributed by atoms with Crippen LogP contribution in [0.15, 0.2) is 48.5 Å². The van der Waals surface area contributed by atoms with Gasteiger partial charge in [-0.2, -0.15) is 13.2 Å². The number of para-hydroxylation sites is 3. The van der Waals surface area contributed by atoms with Gasteiger partial charge in [-0.3, -0.25) is 24.6 Å². The van der Waals surface area contributed by atoms with Crippen LogP contribution in [0.25, 0.3) is 0 Å². The molecule has 2 N–H and O–H groups in total. The van der Waals surface area contributed by atoms with E-state index in [4.69, 9.17) is 0 Å². The van der Waals surface area contributed by atoms with E-state index < -0.39 is 28.5 Å². The summed E-state index contributed by atoms with van der Waals surface area (Å²) in [7, 11) is 1.41. The Hall–Kier alpha value is -3.47. The molecule has 0 spiro atoms. The van der Waals surface area contributed by atoms with Crippen LogP contribution < -0.4 is 10.6 Å². The SMILES string of the molecule is CN(CC(=O)Nc1ccccc1[N+](=O)[O-])CC(=O)Nc1ccccc1C(F)(F)F. The normalized spacial score (nSPS) is 11.2. The van der Waals surface area contributed by atoms with Gasteiger partial charge in [0.2, 0.25) is 11.8 Å². The molecule has 8 nitrogen and oxygen atoms in total. The zero-order valence-corrected chi connectivity index (χ0v) is 15.2. The molecule has 0 saturated carbocycles. The van der Waals surface area contributed by atoms with Gasteiger partial charge in [-0.15, -0.1) is 0 Å². The van der Waals surface area contributed by atoms with Crippen LogP contribution in [0.3, 0.4) is 0 Å². The summed E-state index contributed by atoms with van der Waals surface area (Å²) in [6.45, 7) is -0.670. The third-order valence-electron chi connectivity index (χ3n) is 3.71. The number of nitrogens with one attached hydrogen (secondary N) is 2. The number of hydrogen-bond donors (Lipinski definition) is 2. The monoisotopic (exact) mass is 410 g/mol. The quantitative estimate of drug-likeness (QED) is 0.539. The molecule has 0 heterocycles. The molecule has 2 rings (SSSR count). The Morgan fingerprint density at radius 1 is 0.966 bits per heavy atom. The number of nitro groups is 1. The van der Waals surface area contributed by atoms with Crippen molar-refractivity contribution in [2.45, 2.75) is 6.18 Å². The standard InChI is InChI=1S/C18H17F3N4O4/c1-24(11-17(27)23-14-8-4-5-9-15(14)25(28)29)10-16(26)22-13-7-3-2-6-12(13)18(19,20)21/h2-9H,10-11H2,1H3,(H,22,26)(H,23,27). The van der Waals surface area contributed by atoms with Crippen LogP contribution in [0.1, 0.15) is 5.56 Å². The van der Waals surface area contributed by atoms with Gasteiger partial charge in [0.25, 0.3) is 5.69 Å². The van der Waals surface area contributed by atoms with Crippen molar-refractivity contribution in [3.63, 3.8) is 0 Å². The van der Waals surface area contributed by atoms with Gasteiger partial charge in [-0.1, -0.05) is 24.3 Å². The third-order valence-corrected chi connectivity index (χ3v) is 3.71. The number of likely N-dealkylation sites (N-methyl/N-ethyl adjacent to an activating group) is 1. The highest BCUT2D eigenvalue weighted by molar-refractivity contribution is 5.96. The maximum absolute atomic E-state index is 13.0. The van der Waals surface area contributed by atoms with E-state index in [9.17, 15) is 32.9 Å². The molecule has 0 radical (unpaired) electrons. The fraction of sp³-hybridized carbons (Fsp3) is 0.222. The molecular formula is C18H17F3N4O4. The van der Waals surface area contributed by atoms with Crippen molar-refractivity contribution >= 4 is 28.9 Å². The van der Waals surface area contributed by atoms with Gasteiger partial charge in [-0.05, 0) is 25.2 Å². The second-order valence-electron chi connectivity index (χ2n) is 6.09. The smallest absolute Gasteiger partial charge is 0.324 e. The van der Waals surface area contributed by atoms with Crippen molar-refractivity contribution in [1.82, 2.24) is 4.90 Å². The average Bonchev–Trinajstić information content (AvgIpc) is 2.61. The summed E-state index contributed by atoms with van der Waals surface area (Å²) in [6, 6.07) is 10.1. The maximum Gasteiger partial charge on any atom is 0.418 e. The fourth-order valence-electron chi connectivity index (χ4n) is 2.50. The lowest BCUT2D eigenvalue weighted by atomic mass is 10.1. The number of amides is 2. The van der Waals surface area contributed by atoms with Crippen molar-refractivity contribution in [1.29, 1.82) is 0 Å². The van der Waals surface area contributed by atoms with Crippen LogP contribution in [0.4, 0.5) is 30.2 Å². The van der Waals surface area contributed by atoms with E-state index in [1.807, 2.05) is 0 Å². The van der Waals surface area contributed by atoms with E-state index in [1.54, 1.807) is 0 Å². The van der Waals surface area contributed by atoms with Crippen molar-refractivity contribution in [3.05, 3.63) is 64.2 Å². The minimum atomic E-state index is -4.62. The third kappa shape index (κ3) is 6.28. The Bertz CT molecular complexity index is 918. The summed E-state index contributed by atoms with van der Waals surface area (Å²) in [5, 5.41) is 15.5. The maximum atomic E-state index is 13.0. The van der Waals surface area contributed by atoms with Crippen LogP contribution in [-0.2, 0) is 15.8 Å². The van der Waals surface area contributed by atoms with E-state index in [-0.39, 0.29) is 30.2 Å². The number of anilines is 2. The van der Waals surface area contributed by atoms with Gasteiger partial charge in [0.1, 0.15) is 5.69 Å². The number of nitro benzene ring substituents is 1. The van der Waals surface area contributed by atoms with Crippen LogP contribution in [0, 0.1) is 10.1 Å². The molecule has 2 aromatic rings. The topological polar surface area (TPSA) is 105 Å². The number of nitrogens with zero attached hydrogens (tertiary/aromatic N) is 2. The van der Waals surface area contributed by atoms with Gasteiger partial charge in [0.15, 0.2) is 0 Å². The molecule has 0 aromatic heterocycles. The first kappa shape index (κ1) is 21.8. The summed E-state index contributed by atoms with van der Waals surface area (Å²) < 4.78 is 38.9. The Morgan fingerprint density at radius 3 is 2.00 bits per heavy atom. The summed E-state index contributed by atoms with van der Waals surface area (Å²) in [5.74, 6) is -1.37. The highest BCUT2D eigenvalue weighted by Gasteiger charge is 2.33. The first-order valence-corrected chi connectivity index (χ1v) is 8.26. The molecule has 0 saturated heterocycles. The largest absolute Gasteiger partial charge is 0.418 e. The molecule has 0 aliphatic rings. The van der Waals surface area contributed by atoms with Crippen molar-refractivity contribution in [2.75, 3.05) is 30.8 Å². The van der Waals surface area contributed by atoms with Gasteiger partial charge in [-0.25, -0.2) is 0 Å². The summed E-state index contributed by atoms with van der Waals surface area (Å²) >= 11 is 0. The highest BCUT2D eigenvalue weighted by Crippen LogP contribution is 2.34. The first-order chi connectivity index (χ1) is 13.6. The van der Waals surface area contributed by atoms with Crippen LogP contribution >= 0.6 is 0 Å². The second-order valence-corrected chi connectivity index (χ2v) is 6.09. The summed E-state index contributed by atoms with van der Waals surface area (Å²) in [6.07, 6.45) is -4.62. The predicted molar refractivity (Wildman–Crippen MR) is 99.3 cm³/mol. The van der Waals surface area contributed by atoms with E-state index >= 15 is 0 Å². The molecule has 11 heteroatoms. The number of benzene rings is 2. The number of carbonyl (C=O) groups is 2. The number of alkyl halides is 3. The van der Waals surface area contributed by atoms with Crippen molar-refractivity contribution < 1.29 is 27.7 Å². The first-order valence-electron chi connectivity index (χ1n) is 8.26. The lowest BCUT2D eigenvalue weighted by Gasteiger charge is -2.17. The highest BCUT2D eigenvalue weighted by atomic mass is 19.4. The fourth-order valence-corrected chi connectivity index (χ4v) is 2.50. The molecule has 2 aromatic carbocycles. The lowest BCUT2D eigenvalue weighted by Crippen LogP contribution is -2.36. The number of rotatable bonds is 7. The molecule has 0 bridgehead atoms. The molecular weight excluding hydrogens is 393 g/mol. The van der Waals surface area contributed by atoms with Gasteiger partial charge < -0.3 is 10.6 Å². The van der Waals surface area contributed by atoms with E-state index in [2.05, 4.69) is 10.6 Å². The Balaban J connectivity index is 1.94. The van der Waals surface area contributed by atoms with Gasteiger partial charge in [0.05, 0.1) is 29.3 Å². The average molecular weight is 410 g/mol. The summed E-state index contributed by atoms with van der Waals surface area (Å²) in [4.78, 5) is 35.7. The molecule has 0 aliphatic carbocycles. The predicted octanol–water partition coefficient (Wildman–Crippen LogP) is 3.12. The van der Waals surface area contributed by atoms with Crippen LogP contribution in [0.2, 0.25) is 0 Å². The zero-order chi connectivity index (χ0) is 21.6. The van der Waals surface area contributed by atoms with Gasteiger partial charge >= 0.3 is 6.18 Å². The van der Waals surface area contributed by atoms with E-state index in [0.717, 1.165) is 12.1 Å². The second kappa shape index (κ2) is 9.15. The van der Waals surface area contributed by atoms with E-state index in [0.29, 0.717) is 0 Å². The molecule has 0 aliphatic heterocycles. The van der Waals surface area contributed by atoms with Crippen LogP contribution in [-0.4, -0.2) is 41.8 Å². The number of halogens is 3. The molecule has 154 valence electrons. The molecule has 0 unspecified atom stereocenters. The lowest BCUT2D eigenvalue weighted by molar-refractivity contribution is -0.383. The number of carbonyl (C=O) groups excluding carboxylic acids is 2. The van der Waals surface area contributed by atoms with Crippen molar-refractivity contribution in [3.8, 4) is 0 Å².